The Morgan fingerprint density at radius 2 is 1.06 bits per heavy atom. The maximum Gasteiger partial charge on any atom is 0.227 e. The van der Waals surface area contributed by atoms with Crippen molar-refractivity contribution in [2.45, 2.75) is 59.8 Å². The number of carbonyl (C=O) groups excluding carboxylic acids is 2. The molecule has 0 fully saturated rings. The topological polar surface area (TPSA) is 98.7 Å². The van der Waals surface area contributed by atoms with Crippen molar-refractivity contribution in [3.8, 4) is 11.5 Å². The average molecular weight is 427 g/mol. The van der Waals surface area contributed by atoms with Crippen LogP contribution in [0.25, 0.3) is 0 Å². The lowest BCUT2D eigenvalue weighted by Crippen LogP contribution is -2.21. The highest BCUT2D eigenvalue weighted by atomic mass is 16.3. The van der Waals surface area contributed by atoms with Gasteiger partial charge in [-0.3, -0.25) is 9.59 Å². The van der Waals surface area contributed by atoms with E-state index < -0.39 is 0 Å². The molecule has 0 heterocycles. The van der Waals surface area contributed by atoms with Crippen LogP contribution in [0.2, 0.25) is 0 Å². The van der Waals surface area contributed by atoms with Crippen LogP contribution < -0.4 is 10.6 Å². The molecule has 0 aliphatic rings. The lowest BCUT2D eigenvalue weighted by molar-refractivity contribution is -0.120. The Labute approximate surface area is 184 Å². The molecule has 0 aliphatic carbocycles. The van der Waals surface area contributed by atoms with Gasteiger partial charge in [0.1, 0.15) is 11.5 Å². The van der Waals surface area contributed by atoms with Crippen molar-refractivity contribution in [3.05, 3.63) is 47.5 Å². The van der Waals surface area contributed by atoms with Crippen molar-refractivity contribution in [3.63, 3.8) is 0 Å². The number of phenolic OH excluding ortho intramolecular Hbond substituents is 2. The van der Waals surface area contributed by atoms with E-state index in [1.54, 1.807) is 24.3 Å². The average Bonchev–Trinajstić information content (AvgIpc) is 2.74. The molecule has 2 amide bonds. The van der Waals surface area contributed by atoms with E-state index in [2.05, 4.69) is 10.6 Å². The van der Waals surface area contributed by atoms with Gasteiger partial charge in [-0.2, -0.15) is 0 Å². The second-order valence-electron chi connectivity index (χ2n) is 7.89. The lowest BCUT2D eigenvalue weighted by atomic mass is 10.0. The first-order valence-corrected chi connectivity index (χ1v) is 11.1. The number of carbonyl (C=O) groups is 2. The molecule has 6 heteroatoms. The van der Waals surface area contributed by atoms with Gasteiger partial charge >= 0.3 is 0 Å². The first-order chi connectivity index (χ1) is 14.8. The Morgan fingerprint density at radius 3 is 1.35 bits per heavy atom. The Morgan fingerprint density at radius 1 is 0.710 bits per heavy atom. The normalized spacial score (nSPS) is 11.0. The first kappa shape index (κ1) is 24.3. The van der Waals surface area contributed by atoms with E-state index in [0.29, 0.717) is 17.8 Å². The van der Waals surface area contributed by atoms with Gasteiger partial charge in [-0.1, -0.05) is 39.8 Å². The number of hydrogen-bond donors (Lipinski definition) is 4. The van der Waals surface area contributed by atoms with Gasteiger partial charge in [-0.25, -0.2) is 0 Å². The summed E-state index contributed by atoms with van der Waals surface area (Å²) in [6, 6.07) is 10.3. The summed E-state index contributed by atoms with van der Waals surface area (Å²) >= 11 is 0. The highest BCUT2D eigenvalue weighted by Gasteiger charge is 2.17. The van der Waals surface area contributed by atoms with Gasteiger partial charge in [0.15, 0.2) is 0 Å². The molecule has 0 radical (unpaired) electrons. The van der Waals surface area contributed by atoms with Crippen LogP contribution in [0.4, 0.5) is 11.4 Å². The number of benzene rings is 2. The maximum atomic E-state index is 12.2. The summed E-state index contributed by atoms with van der Waals surface area (Å²) in [7, 11) is 0. The first-order valence-electron chi connectivity index (χ1n) is 11.1. The molecule has 0 atom stereocenters. The summed E-state index contributed by atoms with van der Waals surface area (Å²) in [4.78, 5) is 24.5. The molecule has 0 aromatic heterocycles. The molecule has 0 saturated carbocycles. The van der Waals surface area contributed by atoms with E-state index in [9.17, 15) is 19.8 Å². The molecule has 0 saturated heterocycles. The largest absolute Gasteiger partial charge is 0.506 e. The second kappa shape index (κ2) is 11.4. The standard InChI is InChI=1S/C25H34N2O4/c1-5-18(6-2)24(30)26-20-11-9-16(14-22(20)28)13-17-10-12-21(23(29)15-17)27-25(31)19(7-3)8-4/h9-12,14-15,18-19,28-29H,5-8,13H2,1-4H3,(H,26,30)(H,27,31). The quantitative estimate of drug-likeness (QED) is 0.380. The highest BCUT2D eigenvalue weighted by molar-refractivity contribution is 5.94. The lowest BCUT2D eigenvalue weighted by Gasteiger charge is -2.15. The molecular formula is C25H34N2O4. The molecule has 0 unspecified atom stereocenters. The van der Waals surface area contributed by atoms with Gasteiger partial charge in [-0.15, -0.1) is 0 Å². The fourth-order valence-corrected chi connectivity index (χ4v) is 3.61. The zero-order valence-electron chi connectivity index (χ0n) is 18.9. The monoisotopic (exact) mass is 426 g/mol. The number of phenols is 2. The zero-order valence-corrected chi connectivity index (χ0v) is 18.9. The molecule has 0 bridgehead atoms. The molecule has 2 aromatic rings. The van der Waals surface area contributed by atoms with E-state index in [0.717, 1.165) is 36.8 Å². The number of amides is 2. The Hall–Kier alpha value is -3.02. The molecule has 4 N–H and O–H groups in total. The van der Waals surface area contributed by atoms with E-state index in [-0.39, 0.29) is 35.1 Å². The minimum absolute atomic E-state index is 0.00934. The maximum absolute atomic E-state index is 12.2. The molecular weight excluding hydrogens is 392 g/mol. The Balaban J connectivity index is 2.08. The van der Waals surface area contributed by atoms with Crippen molar-refractivity contribution >= 4 is 23.2 Å². The van der Waals surface area contributed by atoms with E-state index in [1.165, 1.54) is 0 Å². The summed E-state index contributed by atoms with van der Waals surface area (Å²) in [5, 5.41) is 26.2. The van der Waals surface area contributed by atoms with E-state index in [1.807, 2.05) is 39.8 Å². The molecule has 6 nitrogen and oxygen atoms in total. The summed E-state index contributed by atoms with van der Waals surface area (Å²) in [5.41, 5.74) is 2.46. The van der Waals surface area contributed by atoms with Crippen LogP contribution in [0.15, 0.2) is 36.4 Å². The predicted octanol–water partition coefficient (Wildman–Crippen LogP) is 5.44. The van der Waals surface area contributed by atoms with Crippen LogP contribution in [-0.4, -0.2) is 22.0 Å². The summed E-state index contributed by atoms with van der Waals surface area (Å²) in [6.45, 7) is 7.87. The van der Waals surface area contributed by atoms with Crippen LogP contribution in [-0.2, 0) is 16.0 Å². The van der Waals surface area contributed by atoms with Crippen LogP contribution >= 0.6 is 0 Å². The van der Waals surface area contributed by atoms with Crippen molar-refractivity contribution in [1.29, 1.82) is 0 Å². The third kappa shape index (κ3) is 6.48. The summed E-state index contributed by atoms with van der Waals surface area (Å²) in [6.07, 6.45) is 3.48. The van der Waals surface area contributed by atoms with Crippen LogP contribution in [0.3, 0.4) is 0 Å². The minimum Gasteiger partial charge on any atom is -0.506 e. The molecule has 168 valence electrons. The smallest absolute Gasteiger partial charge is 0.227 e. The summed E-state index contributed by atoms with van der Waals surface area (Å²) in [5.74, 6) is -0.324. The van der Waals surface area contributed by atoms with E-state index in [4.69, 9.17) is 0 Å². The molecule has 2 aromatic carbocycles. The Bertz CT molecular complexity index is 829. The fourth-order valence-electron chi connectivity index (χ4n) is 3.61. The number of hydrogen-bond acceptors (Lipinski definition) is 4. The van der Waals surface area contributed by atoms with Crippen LogP contribution in [0.5, 0.6) is 11.5 Å². The predicted molar refractivity (Wildman–Crippen MR) is 124 cm³/mol. The minimum atomic E-state index is -0.0935. The zero-order chi connectivity index (χ0) is 23.0. The number of rotatable bonds is 10. The van der Waals surface area contributed by atoms with Crippen LogP contribution in [0, 0.1) is 11.8 Å². The molecule has 0 aliphatic heterocycles. The highest BCUT2D eigenvalue weighted by Crippen LogP contribution is 2.29. The SMILES string of the molecule is CCC(CC)C(=O)Nc1ccc(Cc2ccc(NC(=O)C(CC)CC)c(O)c2)cc1O. The van der Waals surface area contributed by atoms with Gasteiger partial charge in [0.25, 0.3) is 0 Å². The molecule has 2 rings (SSSR count). The number of nitrogens with one attached hydrogen (secondary N) is 2. The second-order valence-corrected chi connectivity index (χ2v) is 7.89. The third-order valence-electron chi connectivity index (χ3n) is 5.76. The fraction of sp³-hybridized carbons (Fsp3) is 0.440. The van der Waals surface area contributed by atoms with Crippen molar-refractivity contribution in [2.24, 2.45) is 11.8 Å². The molecule has 31 heavy (non-hydrogen) atoms. The van der Waals surface area contributed by atoms with Gasteiger partial charge in [-0.05, 0) is 67.5 Å². The Kier molecular flexibility index (Phi) is 8.91. The van der Waals surface area contributed by atoms with Gasteiger partial charge in [0.2, 0.25) is 11.8 Å². The van der Waals surface area contributed by atoms with Crippen molar-refractivity contribution < 1.29 is 19.8 Å². The summed E-state index contributed by atoms with van der Waals surface area (Å²) < 4.78 is 0. The van der Waals surface area contributed by atoms with Crippen molar-refractivity contribution in [1.82, 2.24) is 0 Å². The van der Waals surface area contributed by atoms with Gasteiger partial charge in [0.05, 0.1) is 11.4 Å². The van der Waals surface area contributed by atoms with E-state index >= 15 is 0 Å². The van der Waals surface area contributed by atoms with Crippen molar-refractivity contribution in [2.75, 3.05) is 10.6 Å². The molecule has 0 spiro atoms. The van der Waals surface area contributed by atoms with Gasteiger partial charge in [0, 0.05) is 11.8 Å². The van der Waals surface area contributed by atoms with Crippen LogP contribution in [0.1, 0.15) is 64.5 Å². The van der Waals surface area contributed by atoms with Gasteiger partial charge < -0.3 is 20.8 Å². The number of aromatic hydroxyl groups is 2. The number of anilines is 2. The third-order valence-corrected chi connectivity index (χ3v) is 5.76.